The normalized spacial score (nSPS) is 12.8. The van der Waals surface area contributed by atoms with E-state index in [9.17, 15) is 14.4 Å². The largest absolute Gasteiger partial charge is 0.462 e. The molecule has 0 saturated heterocycles. The third kappa shape index (κ3) is 53.2. The van der Waals surface area contributed by atoms with Crippen LogP contribution < -0.4 is 0 Å². The summed E-state index contributed by atoms with van der Waals surface area (Å²) < 4.78 is 16.8. The highest BCUT2D eigenvalue weighted by Gasteiger charge is 2.19. The van der Waals surface area contributed by atoms with Gasteiger partial charge in [0.05, 0.1) is 0 Å². The lowest BCUT2D eigenvalue weighted by atomic mass is 10.1. The van der Waals surface area contributed by atoms with E-state index in [2.05, 4.69) is 118 Å². The molecule has 0 aliphatic heterocycles. The first-order chi connectivity index (χ1) is 33.0. The minimum absolute atomic E-state index is 0.106. The Bertz CT molecular complexity index is 1350. The van der Waals surface area contributed by atoms with Crippen LogP contribution in [0.4, 0.5) is 0 Å². The maximum Gasteiger partial charge on any atom is 0.306 e. The molecule has 0 aliphatic rings. The number of unbranched alkanes of at least 4 members (excludes halogenated alkanes) is 22. The molecule has 0 radical (unpaired) electrons. The maximum atomic E-state index is 12.8. The first-order valence-corrected chi connectivity index (χ1v) is 27.7. The molecule has 0 rings (SSSR count). The Labute approximate surface area is 413 Å². The molecule has 0 aromatic carbocycles. The summed E-state index contributed by atoms with van der Waals surface area (Å²) in [6.07, 6.45) is 72.6. The summed E-state index contributed by atoms with van der Waals surface area (Å²) in [6.45, 7) is 6.42. The lowest BCUT2D eigenvalue weighted by Gasteiger charge is -2.18. The molecular weight excluding hydrogens is 829 g/mol. The second kappa shape index (κ2) is 54.9. The fourth-order valence-electron chi connectivity index (χ4n) is 7.37. The van der Waals surface area contributed by atoms with Gasteiger partial charge in [0.1, 0.15) is 13.2 Å². The third-order valence-corrected chi connectivity index (χ3v) is 11.5. The zero-order valence-electron chi connectivity index (χ0n) is 43.6. The Morgan fingerprint density at radius 1 is 0.313 bits per heavy atom. The van der Waals surface area contributed by atoms with E-state index < -0.39 is 6.10 Å². The Hall–Kier alpha value is -3.67. The standard InChI is InChI=1S/C61H102O6/c1-4-7-10-13-16-19-22-24-26-28-29-30-31-33-34-36-39-42-45-48-51-54-60(63)66-57-58(56-65-59(62)53-50-47-44-41-38-21-18-15-12-9-6-3)67-61(64)55-52-49-46-43-40-37-35-32-27-25-23-20-17-14-11-8-5-2/h8,11,15,17-18,20,22,24-25,27-29,35,37,43,46,58H,4-7,9-10,12-14,16,19,21,23,26,30-34,36,38-42,44-45,47-57H2,1-3H3/b11-8-,18-15-,20-17-,24-22-,27-25-,29-28-,37-35-,46-43-. The number of rotatable bonds is 49. The van der Waals surface area contributed by atoms with Crippen LogP contribution in [0.5, 0.6) is 0 Å². The van der Waals surface area contributed by atoms with Crippen molar-refractivity contribution in [1.29, 1.82) is 0 Å². The molecule has 0 amide bonds. The van der Waals surface area contributed by atoms with E-state index >= 15 is 0 Å². The topological polar surface area (TPSA) is 78.9 Å². The molecule has 0 aromatic heterocycles. The Morgan fingerprint density at radius 3 is 1.01 bits per heavy atom. The molecule has 382 valence electrons. The number of hydrogen-bond donors (Lipinski definition) is 0. The highest BCUT2D eigenvalue weighted by Crippen LogP contribution is 2.14. The minimum Gasteiger partial charge on any atom is -0.462 e. The van der Waals surface area contributed by atoms with Crippen LogP contribution in [-0.4, -0.2) is 37.2 Å². The number of hydrogen-bond acceptors (Lipinski definition) is 6. The molecule has 1 unspecified atom stereocenters. The average Bonchev–Trinajstić information content (AvgIpc) is 3.33. The van der Waals surface area contributed by atoms with Gasteiger partial charge in [-0.25, -0.2) is 0 Å². The summed E-state index contributed by atoms with van der Waals surface area (Å²) in [5.74, 6) is -0.979. The van der Waals surface area contributed by atoms with Crippen LogP contribution in [0.3, 0.4) is 0 Å². The molecule has 0 aliphatic carbocycles. The molecule has 0 N–H and O–H groups in total. The Kier molecular flexibility index (Phi) is 51.9. The number of esters is 3. The monoisotopic (exact) mass is 931 g/mol. The van der Waals surface area contributed by atoms with E-state index in [0.29, 0.717) is 19.3 Å². The summed E-state index contributed by atoms with van der Waals surface area (Å²) in [6, 6.07) is 0. The van der Waals surface area contributed by atoms with Crippen LogP contribution in [0.25, 0.3) is 0 Å². The molecule has 0 aromatic rings. The van der Waals surface area contributed by atoms with Gasteiger partial charge in [-0.05, 0) is 109 Å². The molecule has 0 heterocycles. The van der Waals surface area contributed by atoms with Gasteiger partial charge < -0.3 is 14.2 Å². The summed E-state index contributed by atoms with van der Waals surface area (Å²) in [4.78, 5) is 38.0. The van der Waals surface area contributed by atoms with E-state index in [1.165, 1.54) is 109 Å². The van der Waals surface area contributed by atoms with Crippen molar-refractivity contribution in [2.45, 2.75) is 258 Å². The van der Waals surface area contributed by atoms with Crippen LogP contribution in [0.15, 0.2) is 97.2 Å². The van der Waals surface area contributed by atoms with Crippen LogP contribution >= 0.6 is 0 Å². The summed E-state index contributed by atoms with van der Waals surface area (Å²) in [5.41, 5.74) is 0. The molecule has 0 fully saturated rings. The van der Waals surface area contributed by atoms with E-state index in [-0.39, 0.29) is 37.5 Å². The van der Waals surface area contributed by atoms with Gasteiger partial charge in [0.25, 0.3) is 0 Å². The summed E-state index contributed by atoms with van der Waals surface area (Å²) >= 11 is 0. The quantitative estimate of drug-likeness (QED) is 0.0262. The average molecular weight is 931 g/mol. The number of allylic oxidation sites excluding steroid dienone is 16. The van der Waals surface area contributed by atoms with Crippen LogP contribution in [0, 0.1) is 0 Å². The maximum absolute atomic E-state index is 12.8. The van der Waals surface area contributed by atoms with Gasteiger partial charge >= 0.3 is 17.9 Å². The molecule has 6 nitrogen and oxygen atoms in total. The lowest BCUT2D eigenvalue weighted by molar-refractivity contribution is -0.167. The summed E-state index contributed by atoms with van der Waals surface area (Å²) in [7, 11) is 0. The predicted octanol–water partition coefficient (Wildman–Crippen LogP) is 18.5. The van der Waals surface area contributed by atoms with Crippen molar-refractivity contribution < 1.29 is 28.6 Å². The third-order valence-electron chi connectivity index (χ3n) is 11.5. The van der Waals surface area contributed by atoms with Gasteiger partial charge in [-0.1, -0.05) is 221 Å². The van der Waals surface area contributed by atoms with Gasteiger partial charge in [0, 0.05) is 19.3 Å². The fraction of sp³-hybridized carbons (Fsp3) is 0.689. The van der Waals surface area contributed by atoms with E-state index in [0.717, 1.165) is 96.3 Å². The van der Waals surface area contributed by atoms with Crippen molar-refractivity contribution in [3.05, 3.63) is 97.2 Å². The number of carbonyl (C=O) groups excluding carboxylic acids is 3. The molecule has 0 bridgehead atoms. The molecule has 6 heteroatoms. The highest BCUT2D eigenvalue weighted by molar-refractivity contribution is 5.71. The predicted molar refractivity (Wildman–Crippen MR) is 288 cm³/mol. The SMILES string of the molecule is CC/C=C\C/C=C\C/C=C\C/C=C\C/C=C\CCCC(=O)OC(COC(=O)CCCCCCC/C=C\CCCC)COC(=O)CCCCCCCCCCC/C=C\C/C=C\CCCCCCC. The van der Waals surface area contributed by atoms with Gasteiger partial charge in [0.2, 0.25) is 0 Å². The Balaban J connectivity index is 4.42. The van der Waals surface area contributed by atoms with Gasteiger partial charge in [-0.15, -0.1) is 0 Å². The zero-order chi connectivity index (χ0) is 48.6. The second-order valence-electron chi connectivity index (χ2n) is 18.1. The van der Waals surface area contributed by atoms with E-state index in [4.69, 9.17) is 14.2 Å². The molecule has 1 atom stereocenters. The van der Waals surface area contributed by atoms with Gasteiger partial charge in [-0.3, -0.25) is 14.4 Å². The van der Waals surface area contributed by atoms with Crippen LogP contribution in [0.1, 0.15) is 252 Å². The molecule has 67 heavy (non-hydrogen) atoms. The van der Waals surface area contributed by atoms with E-state index in [1.54, 1.807) is 0 Å². The summed E-state index contributed by atoms with van der Waals surface area (Å²) in [5, 5.41) is 0. The van der Waals surface area contributed by atoms with Crippen molar-refractivity contribution in [3.8, 4) is 0 Å². The van der Waals surface area contributed by atoms with E-state index in [1.807, 2.05) is 0 Å². The second-order valence-corrected chi connectivity index (χ2v) is 18.1. The Morgan fingerprint density at radius 2 is 0.612 bits per heavy atom. The lowest BCUT2D eigenvalue weighted by Crippen LogP contribution is -2.30. The number of carbonyl (C=O) groups is 3. The van der Waals surface area contributed by atoms with Crippen molar-refractivity contribution >= 4 is 17.9 Å². The minimum atomic E-state index is -0.813. The first kappa shape index (κ1) is 63.3. The van der Waals surface area contributed by atoms with Crippen LogP contribution in [-0.2, 0) is 28.6 Å². The molecule has 0 spiro atoms. The molecule has 0 saturated carbocycles. The highest BCUT2D eigenvalue weighted by atomic mass is 16.6. The van der Waals surface area contributed by atoms with Crippen molar-refractivity contribution in [3.63, 3.8) is 0 Å². The smallest absolute Gasteiger partial charge is 0.306 e. The first-order valence-electron chi connectivity index (χ1n) is 27.7. The van der Waals surface area contributed by atoms with Crippen molar-refractivity contribution in [2.24, 2.45) is 0 Å². The van der Waals surface area contributed by atoms with Crippen molar-refractivity contribution in [2.75, 3.05) is 13.2 Å². The zero-order valence-corrected chi connectivity index (χ0v) is 43.6. The fourth-order valence-corrected chi connectivity index (χ4v) is 7.37. The van der Waals surface area contributed by atoms with Gasteiger partial charge in [-0.2, -0.15) is 0 Å². The molecular formula is C61H102O6. The van der Waals surface area contributed by atoms with Crippen LogP contribution in [0.2, 0.25) is 0 Å². The number of ether oxygens (including phenoxy) is 3. The van der Waals surface area contributed by atoms with Crippen molar-refractivity contribution in [1.82, 2.24) is 0 Å². The van der Waals surface area contributed by atoms with Gasteiger partial charge in [0.15, 0.2) is 6.10 Å².